The largest absolute Gasteiger partial charge is 0.497 e. The molecule has 2 aromatic rings. The summed E-state index contributed by atoms with van der Waals surface area (Å²) in [6, 6.07) is 11.8. The van der Waals surface area contributed by atoms with Gasteiger partial charge in [0, 0.05) is 38.1 Å². The second-order valence-corrected chi connectivity index (χ2v) is 6.02. The number of pyridine rings is 1. The standard InChI is InChI=1S/C21H30N4O3/c1-4-28-14-6-13-23-21(24-15-17-8-10-19(26-2)11-9-17)25-16-18-7-5-12-22-20(18)27-3/h5,7-12H,4,6,13-16H2,1-3H3,(H2,23,24,25). The van der Waals surface area contributed by atoms with E-state index in [1.807, 2.05) is 43.3 Å². The summed E-state index contributed by atoms with van der Waals surface area (Å²) in [5.41, 5.74) is 2.08. The summed E-state index contributed by atoms with van der Waals surface area (Å²) in [6.45, 7) is 5.37. The fourth-order valence-electron chi connectivity index (χ4n) is 2.52. The van der Waals surface area contributed by atoms with Crippen LogP contribution in [-0.2, 0) is 17.8 Å². The van der Waals surface area contributed by atoms with Crippen molar-refractivity contribution in [3.05, 3.63) is 53.7 Å². The third-order valence-electron chi connectivity index (χ3n) is 4.03. The second-order valence-electron chi connectivity index (χ2n) is 6.02. The maximum atomic E-state index is 5.39. The van der Waals surface area contributed by atoms with Crippen LogP contribution in [0.5, 0.6) is 11.6 Å². The third kappa shape index (κ3) is 7.44. The van der Waals surface area contributed by atoms with Crippen LogP contribution in [0.4, 0.5) is 0 Å². The van der Waals surface area contributed by atoms with E-state index in [-0.39, 0.29) is 0 Å². The lowest BCUT2D eigenvalue weighted by atomic mass is 10.2. The lowest BCUT2D eigenvalue weighted by molar-refractivity contribution is 0.145. The highest BCUT2D eigenvalue weighted by atomic mass is 16.5. The van der Waals surface area contributed by atoms with E-state index in [9.17, 15) is 0 Å². The smallest absolute Gasteiger partial charge is 0.218 e. The Balaban J connectivity index is 1.98. The van der Waals surface area contributed by atoms with Gasteiger partial charge in [0.05, 0.1) is 20.8 Å². The van der Waals surface area contributed by atoms with Crippen molar-refractivity contribution in [2.45, 2.75) is 26.4 Å². The number of hydrogen-bond acceptors (Lipinski definition) is 5. The fraction of sp³-hybridized carbons (Fsp3) is 0.429. The molecule has 1 aromatic heterocycles. The molecule has 0 radical (unpaired) electrons. The summed E-state index contributed by atoms with van der Waals surface area (Å²) < 4.78 is 15.9. The maximum absolute atomic E-state index is 5.39. The van der Waals surface area contributed by atoms with Crippen molar-refractivity contribution in [2.24, 2.45) is 4.99 Å². The molecule has 0 atom stereocenters. The Kier molecular flexibility index (Phi) is 9.65. The van der Waals surface area contributed by atoms with Gasteiger partial charge in [-0.2, -0.15) is 0 Å². The van der Waals surface area contributed by atoms with Crippen LogP contribution < -0.4 is 20.1 Å². The van der Waals surface area contributed by atoms with Crippen LogP contribution in [0.3, 0.4) is 0 Å². The predicted octanol–water partition coefficient (Wildman–Crippen LogP) is 2.76. The summed E-state index contributed by atoms with van der Waals surface area (Å²) in [7, 11) is 3.28. The minimum Gasteiger partial charge on any atom is -0.497 e. The average Bonchev–Trinajstić information content (AvgIpc) is 2.75. The van der Waals surface area contributed by atoms with E-state index in [4.69, 9.17) is 14.2 Å². The van der Waals surface area contributed by atoms with E-state index in [1.54, 1.807) is 20.4 Å². The molecule has 0 aliphatic carbocycles. The molecular weight excluding hydrogens is 356 g/mol. The van der Waals surface area contributed by atoms with Crippen LogP contribution in [0.25, 0.3) is 0 Å². The van der Waals surface area contributed by atoms with Crippen molar-refractivity contribution in [2.75, 3.05) is 34.0 Å². The van der Waals surface area contributed by atoms with Gasteiger partial charge in [0.2, 0.25) is 5.88 Å². The Hall–Kier alpha value is -2.80. The first-order valence-electron chi connectivity index (χ1n) is 9.47. The summed E-state index contributed by atoms with van der Waals surface area (Å²) in [5, 5.41) is 6.70. The van der Waals surface area contributed by atoms with E-state index in [1.165, 1.54) is 0 Å². The first-order chi connectivity index (χ1) is 13.8. The SMILES string of the molecule is CCOCCCNC(=NCc1ccc(OC)cc1)NCc1cccnc1OC. The van der Waals surface area contributed by atoms with Crippen molar-refractivity contribution in [1.82, 2.24) is 15.6 Å². The molecule has 0 saturated heterocycles. The molecule has 0 fully saturated rings. The zero-order valence-electron chi connectivity index (χ0n) is 16.9. The van der Waals surface area contributed by atoms with Crippen LogP contribution in [-0.4, -0.2) is 44.9 Å². The number of benzene rings is 1. The summed E-state index contributed by atoms with van der Waals surface area (Å²) in [6.07, 6.45) is 2.63. The monoisotopic (exact) mass is 386 g/mol. The number of hydrogen-bond donors (Lipinski definition) is 2. The zero-order valence-corrected chi connectivity index (χ0v) is 16.9. The average molecular weight is 386 g/mol. The molecular formula is C21H30N4O3. The van der Waals surface area contributed by atoms with Gasteiger partial charge in [-0.1, -0.05) is 18.2 Å². The van der Waals surface area contributed by atoms with Crippen LogP contribution in [0, 0.1) is 0 Å². The van der Waals surface area contributed by atoms with Crippen LogP contribution >= 0.6 is 0 Å². The van der Waals surface area contributed by atoms with Crippen molar-refractivity contribution >= 4 is 5.96 Å². The Labute approximate surface area is 167 Å². The molecule has 0 spiro atoms. The quantitative estimate of drug-likeness (QED) is 0.351. The van der Waals surface area contributed by atoms with Gasteiger partial charge >= 0.3 is 0 Å². The lowest BCUT2D eigenvalue weighted by Gasteiger charge is -2.14. The molecule has 0 aliphatic rings. The molecule has 28 heavy (non-hydrogen) atoms. The number of guanidine groups is 1. The molecule has 0 bridgehead atoms. The van der Waals surface area contributed by atoms with Gasteiger partial charge in [0.25, 0.3) is 0 Å². The normalized spacial score (nSPS) is 11.2. The topological polar surface area (TPSA) is 77.0 Å². The number of nitrogens with zero attached hydrogens (tertiary/aromatic N) is 2. The van der Waals surface area contributed by atoms with Gasteiger partial charge in [-0.05, 0) is 37.1 Å². The second kappa shape index (κ2) is 12.6. The Bertz CT molecular complexity index is 720. The first kappa shape index (κ1) is 21.5. The molecule has 1 aromatic carbocycles. The number of rotatable bonds is 11. The third-order valence-corrected chi connectivity index (χ3v) is 4.03. The molecule has 2 rings (SSSR count). The maximum Gasteiger partial charge on any atom is 0.218 e. The first-order valence-corrected chi connectivity index (χ1v) is 9.47. The molecule has 0 saturated carbocycles. The highest BCUT2D eigenvalue weighted by Crippen LogP contribution is 2.13. The minimum atomic E-state index is 0.564. The molecule has 2 N–H and O–H groups in total. The number of ether oxygens (including phenoxy) is 3. The molecule has 0 unspecified atom stereocenters. The predicted molar refractivity (Wildman–Crippen MR) is 111 cm³/mol. The van der Waals surface area contributed by atoms with Gasteiger partial charge in [-0.3, -0.25) is 0 Å². The number of aliphatic imine (C=N–C) groups is 1. The van der Waals surface area contributed by atoms with Gasteiger partial charge in [0.1, 0.15) is 5.75 Å². The van der Waals surface area contributed by atoms with E-state index in [2.05, 4.69) is 20.6 Å². The van der Waals surface area contributed by atoms with Crippen LogP contribution in [0.15, 0.2) is 47.6 Å². The molecule has 1 heterocycles. The Morgan fingerprint density at radius 3 is 2.61 bits per heavy atom. The number of nitrogens with one attached hydrogen (secondary N) is 2. The van der Waals surface area contributed by atoms with Crippen molar-refractivity contribution in [1.29, 1.82) is 0 Å². The van der Waals surface area contributed by atoms with Gasteiger partial charge in [-0.15, -0.1) is 0 Å². The van der Waals surface area contributed by atoms with Crippen LogP contribution in [0.1, 0.15) is 24.5 Å². The minimum absolute atomic E-state index is 0.564. The summed E-state index contributed by atoms with van der Waals surface area (Å²) in [5.74, 6) is 2.18. The highest BCUT2D eigenvalue weighted by Gasteiger charge is 2.05. The van der Waals surface area contributed by atoms with Crippen molar-refractivity contribution in [3.8, 4) is 11.6 Å². The number of aromatic nitrogens is 1. The van der Waals surface area contributed by atoms with Crippen LogP contribution in [0.2, 0.25) is 0 Å². The van der Waals surface area contributed by atoms with Gasteiger partial charge in [0.15, 0.2) is 5.96 Å². The number of methoxy groups -OCH3 is 2. The zero-order chi connectivity index (χ0) is 20.0. The molecule has 0 aliphatic heterocycles. The highest BCUT2D eigenvalue weighted by molar-refractivity contribution is 5.79. The Morgan fingerprint density at radius 1 is 1.07 bits per heavy atom. The molecule has 0 amide bonds. The van der Waals surface area contributed by atoms with E-state index in [0.29, 0.717) is 19.0 Å². The fourth-order valence-corrected chi connectivity index (χ4v) is 2.52. The van der Waals surface area contributed by atoms with Gasteiger partial charge < -0.3 is 24.8 Å². The lowest BCUT2D eigenvalue weighted by Crippen LogP contribution is -2.38. The van der Waals surface area contributed by atoms with E-state index < -0.39 is 0 Å². The van der Waals surface area contributed by atoms with Crippen molar-refractivity contribution < 1.29 is 14.2 Å². The Morgan fingerprint density at radius 2 is 1.89 bits per heavy atom. The van der Waals surface area contributed by atoms with E-state index >= 15 is 0 Å². The summed E-state index contributed by atoms with van der Waals surface area (Å²) in [4.78, 5) is 8.92. The molecule has 7 heteroatoms. The molecule has 152 valence electrons. The summed E-state index contributed by atoms with van der Waals surface area (Å²) >= 11 is 0. The van der Waals surface area contributed by atoms with Crippen molar-refractivity contribution in [3.63, 3.8) is 0 Å². The molecule has 7 nitrogen and oxygen atoms in total. The van der Waals surface area contributed by atoms with Gasteiger partial charge in [-0.25, -0.2) is 9.98 Å². The van der Waals surface area contributed by atoms with E-state index in [0.717, 1.165) is 49.0 Å².